The summed E-state index contributed by atoms with van der Waals surface area (Å²) in [5, 5.41) is 7.69. The number of nitrogens with one attached hydrogen (secondary N) is 4. The summed E-state index contributed by atoms with van der Waals surface area (Å²) >= 11 is 0. The molecule has 1 saturated carbocycles. The van der Waals surface area contributed by atoms with Gasteiger partial charge >= 0.3 is 0 Å². The van der Waals surface area contributed by atoms with Crippen LogP contribution in [0.15, 0.2) is 65.7 Å². The van der Waals surface area contributed by atoms with Crippen molar-refractivity contribution in [2.75, 3.05) is 18.4 Å². The Hall–Kier alpha value is -3.98. The van der Waals surface area contributed by atoms with E-state index in [2.05, 4.69) is 25.6 Å². The molecule has 8 nitrogen and oxygen atoms in total. The number of carbonyl (C=O) groups is 1. The Kier molecular flexibility index (Phi) is 6.68. The number of rotatable bonds is 7. The summed E-state index contributed by atoms with van der Waals surface area (Å²) in [7, 11) is 0. The number of fused-ring (bicyclic) bond motifs is 1. The van der Waals surface area contributed by atoms with Gasteiger partial charge in [0.05, 0.1) is 5.92 Å². The van der Waals surface area contributed by atoms with Gasteiger partial charge < -0.3 is 25.5 Å². The summed E-state index contributed by atoms with van der Waals surface area (Å²) in [6.07, 6.45) is 7.10. The average Bonchev–Trinajstić information content (AvgIpc) is 3.32. The van der Waals surface area contributed by atoms with Gasteiger partial charge in [-0.2, -0.15) is 0 Å². The highest BCUT2D eigenvalue weighted by Gasteiger charge is 2.35. The predicted octanol–water partition coefficient (Wildman–Crippen LogP) is 4.03. The van der Waals surface area contributed by atoms with Gasteiger partial charge in [0.1, 0.15) is 17.3 Å². The molecule has 6 rings (SSSR count). The van der Waals surface area contributed by atoms with Gasteiger partial charge in [-0.1, -0.05) is 12.1 Å². The summed E-state index contributed by atoms with van der Waals surface area (Å²) in [4.78, 5) is 38.2. The maximum absolute atomic E-state index is 13.4. The van der Waals surface area contributed by atoms with Gasteiger partial charge in [-0.3, -0.25) is 9.59 Å². The minimum atomic E-state index is -0.273. The first-order valence-electron chi connectivity index (χ1n) is 13.2. The average molecular weight is 515 g/mol. The molecule has 4 aromatic rings. The topological polar surface area (TPSA) is 106 Å². The van der Waals surface area contributed by atoms with E-state index in [4.69, 9.17) is 0 Å². The van der Waals surface area contributed by atoms with Gasteiger partial charge in [0, 0.05) is 61.1 Å². The van der Waals surface area contributed by atoms with E-state index in [1.807, 2.05) is 29.3 Å². The van der Waals surface area contributed by atoms with Crippen LogP contribution in [0, 0.1) is 11.7 Å². The Bertz CT molecular complexity index is 1480. The summed E-state index contributed by atoms with van der Waals surface area (Å²) < 4.78 is 13.4. The van der Waals surface area contributed by atoms with Crippen molar-refractivity contribution >= 4 is 22.8 Å². The third kappa shape index (κ3) is 5.06. The quantitative estimate of drug-likeness (QED) is 0.298. The Labute approximate surface area is 219 Å². The van der Waals surface area contributed by atoms with E-state index >= 15 is 0 Å². The molecule has 2 aliphatic rings. The number of carbonyl (C=O) groups excluding carboxylic acids is 1. The molecule has 0 unspecified atom stereocenters. The molecule has 196 valence electrons. The third-order valence-electron chi connectivity index (χ3n) is 7.78. The van der Waals surface area contributed by atoms with Crippen LogP contribution in [-0.2, 0) is 11.3 Å². The fourth-order valence-electron chi connectivity index (χ4n) is 5.59. The highest BCUT2D eigenvalue weighted by Crippen LogP contribution is 2.30. The van der Waals surface area contributed by atoms with E-state index in [1.165, 1.54) is 12.1 Å². The molecule has 4 heterocycles. The van der Waals surface area contributed by atoms with Crippen molar-refractivity contribution in [3.63, 3.8) is 0 Å². The molecule has 1 aliphatic heterocycles. The Morgan fingerprint density at radius 3 is 2.61 bits per heavy atom. The van der Waals surface area contributed by atoms with Crippen LogP contribution in [0.2, 0.25) is 0 Å². The van der Waals surface area contributed by atoms with Crippen molar-refractivity contribution in [1.82, 2.24) is 25.2 Å². The summed E-state index contributed by atoms with van der Waals surface area (Å²) in [6, 6.07) is 14.2. The van der Waals surface area contributed by atoms with Crippen molar-refractivity contribution in [3.05, 3.63) is 82.7 Å². The van der Waals surface area contributed by atoms with Crippen molar-refractivity contribution in [1.29, 1.82) is 0 Å². The first-order valence-corrected chi connectivity index (χ1v) is 13.2. The molecule has 38 heavy (non-hydrogen) atoms. The number of halogens is 1. The number of aromatic amines is 2. The summed E-state index contributed by atoms with van der Waals surface area (Å²) in [5.74, 6) is 0.604. The first kappa shape index (κ1) is 24.4. The summed E-state index contributed by atoms with van der Waals surface area (Å²) in [5.41, 5.74) is 3.32. The molecule has 1 saturated heterocycles. The lowest BCUT2D eigenvalue weighted by Crippen LogP contribution is -2.54. The normalized spacial score (nSPS) is 19.7. The Balaban J connectivity index is 1.14. The second-order valence-electron chi connectivity index (χ2n) is 10.3. The number of anilines is 1. The molecule has 1 aromatic carbocycles. The Morgan fingerprint density at radius 1 is 1.08 bits per heavy atom. The lowest BCUT2D eigenvalue weighted by Gasteiger charge is -2.40. The number of H-pyrrole nitrogens is 2. The molecule has 4 N–H and O–H groups in total. The van der Waals surface area contributed by atoms with E-state index in [1.54, 1.807) is 24.4 Å². The molecular weight excluding hydrogens is 483 g/mol. The molecule has 9 heteroatoms. The second-order valence-corrected chi connectivity index (χ2v) is 10.3. The number of benzene rings is 1. The van der Waals surface area contributed by atoms with E-state index in [-0.39, 0.29) is 35.3 Å². The second kappa shape index (κ2) is 10.4. The minimum absolute atomic E-state index is 0.0128. The molecule has 0 spiro atoms. The fourth-order valence-corrected chi connectivity index (χ4v) is 5.59. The van der Waals surface area contributed by atoms with Crippen LogP contribution in [0.5, 0.6) is 0 Å². The molecular formula is C29H31FN6O2. The number of hydrogen-bond acceptors (Lipinski definition) is 5. The maximum Gasteiger partial charge on any atom is 0.250 e. The maximum atomic E-state index is 13.4. The highest BCUT2D eigenvalue weighted by molar-refractivity contribution is 5.93. The van der Waals surface area contributed by atoms with Crippen molar-refractivity contribution in [2.45, 2.75) is 44.3 Å². The van der Waals surface area contributed by atoms with Gasteiger partial charge in [-0.05, 0) is 67.1 Å². The van der Waals surface area contributed by atoms with Crippen molar-refractivity contribution < 1.29 is 9.18 Å². The predicted molar refractivity (Wildman–Crippen MR) is 145 cm³/mol. The monoisotopic (exact) mass is 514 g/mol. The number of nitrogens with zero attached hydrogens (tertiary/aromatic N) is 2. The largest absolute Gasteiger partial charge is 0.369 e. The van der Waals surface area contributed by atoms with Crippen LogP contribution in [-0.4, -0.2) is 50.9 Å². The van der Waals surface area contributed by atoms with E-state index in [0.717, 1.165) is 53.4 Å². The molecule has 0 radical (unpaired) electrons. The standard InChI is InChI=1S/C29H31FN6O2/c30-21-5-3-18(4-6-21)17-36(29(38)20-14-31-15-20)23-9-7-22(8-10-23)34-26-12-19(13-27(37)35-26)25-16-33-28-24(25)2-1-11-32-28/h1-6,11-13,16,20,22-23,31H,7-10,14-15,17H2,(H,32,33)(H2,34,35,37). The third-order valence-corrected chi connectivity index (χ3v) is 7.78. The molecule has 3 aromatic heterocycles. The van der Waals surface area contributed by atoms with E-state index < -0.39 is 0 Å². The van der Waals surface area contributed by atoms with Gasteiger partial charge in [0.2, 0.25) is 11.5 Å². The van der Waals surface area contributed by atoms with E-state index in [0.29, 0.717) is 25.5 Å². The molecule has 1 aliphatic carbocycles. The first-order chi connectivity index (χ1) is 18.5. The number of amides is 1. The molecule has 2 fully saturated rings. The van der Waals surface area contributed by atoms with Gasteiger partial charge in [0.15, 0.2) is 0 Å². The van der Waals surface area contributed by atoms with Gasteiger partial charge in [-0.15, -0.1) is 0 Å². The molecule has 0 bridgehead atoms. The SMILES string of the molecule is O=C(C1CNC1)N(Cc1ccc(F)cc1)C1CCC(Nc2cc(-c3c[nH]c4ncccc34)cc(=O)[nH]2)CC1. The summed E-state index contributed by atoms with van der Waals surface area (Å²) in [6.45, 7) is 1.92. The van der Waals surface area contributed by atoms with Crippen LogP contribution in [0.4, 0.5) is 10.2 Å². The lowest BCUT2D eigenvalue weighted by molar-refractivity contribution is -0.141. The van der Waals surface area contributed by atoms with Crippen LogP contribution >= 0.6 is 0 Å². The van der Waals surface area contributed by atoms with Crippen LogP contribution in [0.25, 0.3) is 22.2 Å². The Morgan fingerprint density at radius 2 is 1.87 bits per heavy atom. The zero-order chi connectivity index (χ0) is 26.1. The van der Waals surface area contributed by atoms with Gasteiger partial charge in [-0.25, -0.2) is 9.37 Å². The van der Waals surface area contributed by atoms with E-state index in [9.17, 15) is 14.0 Å². The van der Waals surface area contributed by atoms with Crippen LogP contribution in [0.1, 0.15) is 31.2 Å². The highest BCUT2D eigenvalue weighted by atomic mass is 19.1. The lowest BCUT2D eigenvalue weighted by atomic mass is 9.88. The number of hydrogen-bond donors (Lipinski definition) is 4. The van der Waals surface area contributed by atoms with Crippen LogP contribution in [0.3, 0.4) is 0 Å². The van der Waals surface area contributed by atoms with Gasteiger partial charge in [0.25, 0.3) is 0 Å². The zero-order valence-electron chi connectivity index (χ0n) is 21.0. The van der Waals surface area contributed by atoms with Crippen molar-refractivity contribution in [3.8, 4) is 11.1 Å². The smallest absolute Gasteiger partial charge is 0.250 e. The number of pyridine rings is 2. The number of aromatic nitrogens is 3. The van der Waals surface area contributed by atoms with Crippen molar-refractivity contribution in [2.24, 2.45) is 5.92 Å². The zero-order valence-corrected chi connectivity index (χ0v) is 21.0. The van der Waals surface area contributed by atoms with Crippen LogP contribution < -0.4 is 16.2 Å². The fraction of sp³-hybridized carbons (Fsp3) is 0.345. The molecule has 0 atom stereocenters. The molecule has 1 amide bonds. The minimum Gasteiger partial charge on any atom is -0.369 e.